The average Bonchev–Trinajstić information content (AvgIpc) is 4.23. The Kier molecular flexibility index (Phi) is 9.09. The largest absolute Gasteiger partial charge is 0.456 e. The number of nitrogens with zero attached hydrogens (tertiary/aromatic N) is 3. The van der Waals surface area contributed by atoms with Gasteiger partial charge in [-0.25, -0.2) is 15.0 Å². The van der Waals surface area contributed by atoms with Gasteiger partial charge in [-0.15, -0.1) is 11.3 Å². The van der Waals surface area contributed by atoms with E-state index in [4.69, 9.17) is 19.4 Å². The van der Waals surface area contributed by atoms with Crippen molar-refractivity contribution in [1.82, 2.24) is 15.0 Å². The van der Waals surface area contributed by atoms with E-state index in [9.17, 15) is 0 Å². The molecule has 0 atom stereocenters. The first-order valence-electron chi connectivity index (χ1n) is 25.5. The molecule has 3 heterocycles. The van der Waals surface area contributed by atoms with Crippen LogP contribution in [-0.4, -0.2) is 15.0 Å². The molecule has 2 aliphatic carbocycles. The third-order valence-corrected chi connectivity index (χ3v) is 16.9. The molecule has 16 rings (SSSR count). The Morgan fingerprint density at radius 2 is 0.800 bits per heavy atom. The minimum Gasteiger partial charge on any atom is -0.456 e. The summed E-state index contributed by atoms with van der Waals surface area (Å²) in [5.41, 5.74) is 21.3. The maximum absolute atomic E-state index is 6.68. The van der Waals surface area contributed by atoms with Gasteiger partial charge in [-0.3, -0.25) is 0 Å². The Morgan fingerprint density at radius 3 is 1.60 bits per heavy atom. The van der Waals surface area contributed by atoms with E-state index >= 15 is 0 Å². The van der Waals surface area contributed by atoms with Crippen molar-refractivity contribution >= 4 is 53.4 Å². The molecular weight excluding hydrogens is 931 g/mol. The Bertz CT molecular complexity index is 4630. The van der Waals surface area contributed by atoms with E-state index in [1.807, 2.05) is 18.2 Å². The molecule has 5 heteroatoms. The number of benzene rings is 11. The summed E-state index contributed by atoms with van der Waals surface area (Å²) in [6.07, 6.45) is 0. The quantitative estimate of drug-likeness (QED) is 0.167. The van der Waals surface area contributed by atoms with Crippen LogP contribution in [0.5, 0.6) is 0 Å². The number of thiophene rings is 1. The standard InChI is InChI=1S/C70H41N3OS/c1-2-16-42(17-3-1)43-18-13-21-47(39-43)67-71-68(48-35-37-64-55(41-48)52-24-7-11-33-63(52)75-64)73-69(72-67)54-27-15-32-62-66(54)56-40-45(34-36-61(56)74-62)44-19-12-20-46(38-44)49-26-14-31-60-65(49)53-25-6-10-30-59(53)70(60)57-28-8-4-22-50(57)51-23-5-9-29-58(51)70/h1-41H. The first kappa shape index (κ1) is 42.0. The molecule has 1 spiro atoms. The van der Waals surface area contributed by atoms with Crippen LogP contribution in [0.2, 0.25) is 0 Å². The Morgan fingerprint density at radius 1 is 0.293 bits per heavy atom. The van der Waals surface area contributed by atoms with E-state index in [1.54, 1.807) is 11.3 Å². The van der Waals surface area contributed by atoms with Crippen LogP contribution in [0, 0.1) is 0 Å². The number of hydrogen-bond acceptors (Lipinski definition) is 5. The lowest BCUT2D eigenvalue weighted by Crippen LogP contribution is -2.25. The molecule has 0 unspecified atom stereocenters. The predicted octanol–water partition coefficient (Wildman–Crippen LogP) is 18.5. The zero-order valence-corrected chi connectivity index (χ0v) is 41.1. The Balaban J connectivity index is 0.848. The molecule has 0 amide bonds. The highest BCUT2D eigenvalue weighted by Gasteiger charge is 2.52. The molecule has 0 aliphatic heterocycles. The second-order valence-electron chi connectivity index (χ2n) is 19.7. The topological polar surface area (TPSA) is 51.8 Å². The van der Waals surface area contributed by atoms with Crippen molar-refractivity contribution in [3.8, 4) is 89.8 Å². The maximum Gasteiger partial charge on any atom is 0.164 e. The summed E-state index contributed by atoms with van der Waals surface area (Å²) in [4.78, 5) is 15.9. The summed E-state index contributed by atoms with van der Waals surface area (Å²) in [6.45, 7) is 0. The summed E-state index contributed by atoms with van der Waals surface area (Å²) < 4.78 is 9.17. The number of hydrogen-bond donors (Lipinski definition) is 0. The number of rotatable bonds is 6. The van der Waals surface area contributed by atoms with Crippen molar-refractivity contribution < 1.29 is 4.42 Å². The van der Waals surface area contributed by atoms with Crippen molar-refractivity contribution in [1.29, 1.82) is 0 Å². The molecular formula is C70H41N3OS. The highest BCUT2D eigenvalue weighted by atomic mass is 32.1. The van der Waals surface area contributed by atoms with Gasteiger partial charge in [-0.1, -0.05) is 194 Å². The lowest BCUT2D eigenvalue weighted by Gasteiger charge is -2.30. The van der Waals surface area contributed by atoms with Gasteiger partial charge in [-0.05, 0) is 132 Å². The number of fused-ring (bicyclic) bond motifs is 16. The molecule has 0 saturated heterocycles. The minimum absolute atomic E-state index is 0.406. The summed E-state index contributed by atoms with van der Waals surface area (Å²) in [5.74, 6) is 1.80. The van der Waals surface area contributed by atoms with Crippen LogP contribution in [0.25, 0.3) is 132 Å². The smallest absolute Gasteiger partial charge is 0.164 e. The zero-order valence-electron chi connectivity index (χ0n) is 40.3. The number of aromatic nitrogens is 3. The monoisotopic (exact) mass is 971 g/mol. The predicted molar refractivity (Wildman–Crippen MR) is 309 cm³/mol. The molecule has 0 radical (unpaired) electrons. The maximum atomic E-state index is 6.68. The van der Waals surface area contributed by atoms with Crippen molar-refractivity contribution in [2.45, 2.75) is 5.41 Å². The van der Waals surface area contributed by atoms with Gasteiger partial charge in [0, 0.05) is 47.6 Å². The first-order chi connectivity index (χ1) is 37.2. The second kappa shape index (κ2) is 16.2. The third-order valence-electron chi connectivity index (χ3n) is 15.8. The van der Waals surface area contributed by atoms with E-state index in [2.05, 4.69) is 231 Å². The lowest BCUT2D eigenvalue weighted by atomic mass is 9.70. The molecule has 11 aromatic carbocycles. The zero-order chi connectivity index (χ0) is 49.2. The van der Waals surface area contributed by atoms with E-state index < -0.39 is 5.41 Å². The second-order valence-corrected chi connectivity index (χ2v) is 20.8. The van der Waals surface area contributed by atoms with Crippen LogP contribution in [0.1, 0.15) is 22.3 Å². The van der Waals surface area contributed by atoms with Crippen LogP contribution < -0.4 is 0 Å². The number of furan rings is 1. The molecule has 0 N–H and O–H groups in total. The van der Waals surface area contributed by atoms with Crippen molar-refractivity contribution in [2.24, 2.45) is 0 Å². The SMILES string of the molecule is c1ccc(-c2cccc(-c3nc(-c4ccc5sc6ccccc6c5c4)nc(-c4cccc5oc6ccc(-c7cccc(-c8cccc9c8-c8ccccc8C98c9ccccc9-c9ccccc98)c7)cc6c45)n3)c2)cc1. The molecule has 2 aliphatic rings. The summed E-state index contributed by atoms with van der Waals surface area (Å²) in [7, 11) is 0. The third kappa shape index (κ3) is 6.26. The van der Waals surface area contributed by atoms with E-state index in [0.717, 1.165) is 60.9 Å². The van der Waals surface area contributed by atoms with Crippen molar-refractivity contribution in [2.75, 3.05) is 0 Å². The highest BCUT2D eigenvalue weighted by molar-refractivity contribution is 7.25. The van der Waals surface area contributed by atoms with Gasteiger partial charge in [0.05, 0.1) is 5.41 Å². The van der Waals surface area contributed by atoms with E-state index in [-0.39, 0.29) is 0 Å². The van der Waals surface area contributed by atoms with Crippen LogP contribution in [0.4, 0.5) is 0 Å². The van der Waals surface area contributed by atoms with Gasteiger partial charge >= 0.3 is 0 Å². The average molecular weight is 972 g/mol. The van der Waals surface area contributed by atoms with Gasteiger partial charge in [0.2, 0.25) is 0 Å². The van der Waals surface area contributed by atoms with Gasteiger partial charge in [0.15, 0.2) is 17.5 Å². The Labute approximate surface area is 436 Å². The first-order valence-corrected chi connectivity index (χ1v) is 26.3. The van der Waals surface area contributed by atoms with Crippen molar-refractivity contribution in [3.63, 3.8) is 0 Å². The van der Waals surface area contributed by atoms with E-state index in [1.165, 1.54) is 75.8 Å². The van der Waals surface area contributed by atoms with Crippen LogP contribution in [0.3, 0.4) is 0 Å². The lowest BCUT2D eigenvalue weighted by molar-refractivity contribution is 0.669. The minimum atomic E-state index is -0.406. The fourth-order valence-electron chi connectivity index (χ4n) is 12.5. The van der Waals surface area contributed by atoms with Crippen LogP contribution in [-0.2, 0) is 5.41 Å². The van der Waals surface area contributed by atoms with Gasteiger partial charge in [0.25, 0.3) is 0 Å². The summed E-state index contributed by atoms with van der Waals surface area (Å²) in [5, 5.41) is 4.39. The molecule has 0 fully saturated rings. The van der Waals surface area contributed by atoms with Crippen LogP contribution >= 0.6 is 11.3 Å². The molecule has 0 saturated carbocycles. The molecule has 14 aromatic rings. The summed E-state index contributed by atoms with van der Waals surface area (Å²) in [6, 6.07) is 89.9. The fraction of sp³-hybridized carbons (Fsp3) is 0.0143. The highest BCUT2D eigenvalue weighted by Crippen LogP contribution is 2.64. The molecule has 4 nitrogen and oxygen atoms in total. The van der Waals surface area contributed by atoms with Crippen molar-refractivity contribution in [3.05, 3.63) is 271 Å². The fourth-order valence-corrected chi connectivity index (χ4v) is 13.6. The van der Waals surface area contributed by atoms with Gasteiger partial charge < -0.3 is 4.42 Å². The normalized spacial score (nSPS) is 12.9. The molecule has 348 valence electrons. The summed E-state index contributed by atoms with van der Waals surface area (Å²) >= 11 is 1.81. The molecule has 0 bridgehead atoms. The molecule has 75 heavy (non-hydrogen) atoms. The van der Waals surface area contributed by atoms with Crippen LogP contribution in [0.15, 0.2) is 253 Å². The Hall–Kier alpha value is -9.55. The van der Waals surface area contributed by atoms with E-state index in [0.29, 0.717) is 17.5 Å². The van der Waals surface area contributed by atoms with Gasteiger partial charge in [-0.2, -0.15) is 0 Å². The molecule has 3 aromatic heterocycles. The van der Waals surface area contributed by atoms with Gasteiger partial charge in [0.1, 0.15) is 11.2 Å².